The molecule has 0 bridgehead atoms. The number of benzene rings is 1. The Morgan fingerprint density at radius 1 is 1.08 bits per heavy atom. The lowest BCUT2D eigenvalue weighted by Crippen LogP contribution is -2.50. The van der Waals surface area contributed by atoms with Gasteiger partial charge in [0.25, 0.3) is 5.91 Å². The molecule has 1 saturated heterocycles. The molecule has 1 aromatic heterocycles. The van der Waals surface area contributed by atoms with Gasteiger partial charge in [-0.15, -0.1) is 0 Å². The van der Waals surface area contributed by atoms with E-state index in [1.807, 2.05) is 25.1 Å². The average molecular weight is 376 g/mol. The molecule has 0 atom stereocenters. The van der Waals surface area contributed by atoms with Crippen molar-refractivity contribution in [3.63, 3.8) is 0 Å². The molecule has 1 amide bonds. The van der Waals surface area contributed by atoms with E-state index >= 15 is 0 Å². The van der Waals surface area contributed by atoms with E-state index < -0.39 is 10.0 Å². The van der Waals surface area contributed by atoms with Gasteiger partial charge in [-0.05, 0) is 32.9 Å². The Balaban J connectivity index is 1.75. The van der Waals surface area contributed by atoms with Gasteiger partial charge in [0.05, 0.1) is 11.4 Å². The van der Waals surface area contributed by atoms with Gasteiger partial charge in [-0.25, -0.2) is 8.42 Å². The predicted octanol–water partition coefficient (Wildman–Crippen LogP) is 1.67. The lowest BCUT2D eigenvalue weighted by molar-refractivity contribution is 0.0698. The van der Waals surface area contributed by atoms with Crippen LogP contribution >= 0.6 is 0 Å². The summed E-state index contributed by atoms with van der Waals surface area (Å²) in [6.45, 7) is 7.41. The molecule has 0 aliphatic carbocycles. The summed E-state index contributed by atoms with van der Waals surface area (Å²) in [5.74, 6) is -0.0613. The van der Waals surface area contributed by atoms with Gasteiger partial charge in [0.15, 0.2) is 0 Å². The van der Waals surface area contributed by atoms with Gasteiger partial charge in [-0.3, -0.25) is 9.48 Å². The van der Waals surface area contributed by atoms with Gasteiger partial charge in [-0.2, -0.15) is 9.40 Å². The minimum atomic E-state index is -3.61. The first-order valence-corrected chi connectivity index (χ1v) is 10.2. The van der Waals surface area contributed by atoms with Gasteiger partial charge in [0.2, 0.25) is 10.0 Å². The minimum absolute atomic E-state index is 0.0613. The third kappa shape index (κ3) is 3.26. The van der Waals surface area contributed by atoms with Crippen LogP contribution in [0.2, 0.25) is 0 Å². The standard InChI is InChI=1S/C18H24N4O3S/c1-4-22-15(3)17(14(2)19-22)26(24,25)21-12-10-20(11-13-21)18(23)16-8-6-5-7-9-16/h5-9H,4,10-13H2,1-3H3. The zero-order valence-electron chi connectivity index (χ0n) is 15.3. The number of aryl methyl sites for hydroxylation is 2. The maximum Gasteiger partial charge on any atom is 0.253 e. The highest BCUT2D eigenvalue weighted by Gasteiger charge is 2.34. The Morgan fingerprint density at radius 3 is 2.23 bits per heavy atom. The molecular weight excluding hydrogens is 352 g/mol. The number of hydrogen-bond acceptors (Lipinski definition) is 4. The summed E-state index contributed by atoms with van der Waals surface area (Å²) >= 11 is 0. The number of piperazine rings is 1. The Hall–Kier alpha value is -2.19. The fourth-order valence-corrected chi connectivity index (χ4v) is 5.18. The minimum Gasteiger partial charge on any atom is -0.336 e. The number of carbonyl (C=O) groups excluding carboxylic acids is 1. The van der Waals surface area contributed by atoms with Gasteiger partial charge >= 0.3 is 0 Å². The molecular formula is C18H24N4O3S. The molecule has 1 aromatic carbocycles. The van der Waals surface area contributed by atoms with Crippen LogP contribution in [-0.4, -0.2) is 59.5 Å². The highest BCUT2D eigenvalue weighted by molar-refractivity contribution is 7.89. The quantitative estimate of drug-likeness (QED) is 0.813. The van der Waals surface area contributed by atoms with Crippen molar-refractivity contribution in [3.8, 4) is 0 Å². The van der Waals surface area contributed by atoms with E-state index in [4.69, 9.17) is 0 Å². The Morgan fingerprint density at radius 2 is 1.69 bits per heavy atom. The van der Waals surface area contributed by atoms with Crippen molar-refractivity contribution < 1.29 is 13.2 Å². The second kappa shape index (κ2) is 7.20. The van der Waals surface area contributed by atoms with Crippen molar-refractivity contribution >= 4 is 15.9 Å². The number of aromatic nitrogens is 2. The van der Waals surface area contributed by atoms with Crippen molar-refractivity contribution in [1.82, 2.24) is 19.0 Å². The molecule has 140 valence electrons. The van der Waals surface area contributed by atoms with Crippen molar-refractivity contribution in [2.45, 2.75) is 32.2 Å². The Labute approximate surface area is 154 Å². The fraction of sp³-hybridized carbons (Fsp3) is 0.444. The average Bonchev–Trinajstić information content (AvgIpc) is 2.96. The molecule has 1 aliphatic heterocycles. The van der Waals surface area contributed by atoms with Crippen molar-refractivity contribution in [2.75, 3.05) is 26.2 Å². The van der Waals surface area contributed by atoms with Crippen LogP contribution < -0.4 is 0 Å². The summed E-state index contributed by atoms with van der Waals surface area (Å²) in [6, 6.07) is 9.06. The maximum atomic E-state index is 13.1. The van der Waals surface area contributed by atoms with Crippen LogP contribution in [0.4, 0.5) is 0 Å². The maximum absolute atomic E-state index is 13.1. The molecule has 0 saturated carbocycles. The van der Waals surface area contributed by atoms with Crippen LogP contribution in [0.5, 0.6) is 0 Å². The second-order valence-corrected chi connectivity index (χ2v) is 8.25. The first-order valence-electron chi connectivity index (χ1n) is 8.74. The predicted molar refractivity (Wildman–Crippen MR) is 98.5 cm³/mol. The number of rotatable bonds is 4. The third-order valence-corrected chi connectivity index (χ3v) is 6.91. The number of nitrogens with zero attached hydrogens (tertiary/aromatic N) is 4. The zero-order chi connectivity index (χ0) is 18.9. The monoisotopic (exact) mass is 376 g/mol. The molecule has 1 fully saturated rings. The van der Waals surface area contributed by atoms with E-state index in [1.165, 1.54) is 4.31 Å². The summed E-state index contributed by atoms with van der Waals surface area (Å²) < 4.78 is 29.3. The fourth-order valence-electron chi connectivity index (χ4n) is 3.39. The summed E-state index contributed by atoms with van der Waals surface area (Å²) in [5, 5.41) is 4.32. The molecule has 26 heavy (non-hydrogen) atoms. The van der Waals surface area contributed by atoms with Crippen molar-refractivity contribution in [3.05, 3.63) is 47.3 Å². The van der Waals surface area contributed by atoms with E-state index in [9.17, 15) is 13.2 Å². The van der Waals surface area contributed by atoms with Crippen LogP contribution in [0.25, 0.3) is 0 Å². The van der Waals surface area contributed by atoms with Crippen LogP contribution in [0.1, 0.15) is 28.7 Å². The highest BCUT2D eigenvalue weighted by atomic mass is 32.2. The van der Waals surface area contributed by atoms with E-state index in [1.54, 1.807) is 35.6 Å². The molecule has 0 radical (unpaired) electrons. The Kier molecular flexibility index (Phi) is 5.15. The van der Waals surface area contributed by atoms with E-state index in [2.05, 4.69) is 5.10 Å². The van der Waals surface area contributed by atoms with Crippen LogP contribution in [0.3, 0.4) is 0 Å². The SMILES string of the molecule is CCn1nc(C)c(S(=O)(=O)N2CCN(C(=O)c3ccccc3)CC2)c1C. The largest absolute Gasteiger partial charge is 0.336 e. The van der Waals surface area contributed by atoms with E-state index in [-0.39, 0.29) is 19.0 Å². The van der Waals surface area contributed by atoms with Gasteiger partial charge in [0, 0.05) is 38.3 Å². The molecule has 3 rings (SSSR count). The molecule has 0 unspecified atom stereocenters. The molecule has 0 N–H and O–H groups in total. The molecule has 2 aromatic rings. The van der Waals surface area contributed by atoms with Crippen molar-refractivity contribution in [2.24, 2.45) is 0 Å². The zero-order valence-corrected chi connectivity index (χ0v) is 16.2. The molecule has 1 aliphatic rings. The van der Waals surface area contributed by atoms with Crippen LogP contribution in [0, 0.1) is 13.8 Å². The summed E-state index contributed by atoms with van der Waals surface area (Å²) in [7, 11) is -3.61. The van der Waals surface area contributed by atoms with Gasteiger partial charge < -0.3 is 4.90 Å². The second-order valence-electron chi connectivity index (χ2n) is 6.38. The number of hydrogen-bond donors (Lipinski definition) is 0. The lowest BCUT2D eigenvalue weighted by atomic mass is 10.2. The van der Waals surface area contributed by atoms with Crippen molar-refractivity contribution in [1.29, 1.82) is 0 Å². The van der Waals surface area contributed by atoms with E-state index in [0.717, 1.165) is 0 Å². The number of sulfonamides is 1. The van der Waals surface area contributed by atoms with Crippen LogP contribution in [-0.2, 0) is 16.6 Å². The summed E-state index contributed by atoms with van der Waals surface area (Å²) in [4.78, 5) is 14.5. The first-order chi connectivity index (χ1) is 12.4. The molecule has 0 spiro atoms. The summed E-state index contributed by atoms with van der Waals surface area (Å²) in [6.07, 6.45) is 0. The Bertz CT molecular complexity index is 898. The molecule has 7 nitrogen and oxygen atoms in total. The number of carbonyl (C=O) groups is 1. The summed E-state index contributed by atoms with van der Waals surface area (Å²) in [5.41, 5.74) is 1.81. The topological polar surface area (TPSA) is 75.5 Å². The first kappa shape index (κ1) is 18.6. The lowest BCUT2D eigenvalue weighted by Gasteiger charge is -2.34. The molecule has 8 heteroatoms. The van der Waals surface area contributed by atoms with Gasteiger partial charge in [-0.1, -0.05) is 18.2 Å². The van der Waals surface area contributed by atoms with E-state index in [0.29, 0.717) is 41.5 Å². The third-order valence-electron chi connectivity index (χ3n) is 4.76. The number of amides is 1. The van der Waals surface area contributed by atoms with Gasteiger partial charge in [0.1, 0.15) is 4.90 Å². The smallest absolute Gasteiger partial charge is 0.253 e. The highest BCUT2D eigenvalue weighted by Crippen LogP contribution is 2.24. The molecule has 2 heterocycles. The van der Waals surface area contributed by atoms with Crippen LogP contribution in [0.15, 0.2) is 35.2 Å². The normalized spacial score (nSPS) is 16.0.